The molecule has 3 unspecified atom stereocenters. The summed E-state index contributed by atoms with van der Waals surface area (Å²) in [6.45, 7) is 8.09. The molecule has 250 valence electrons. The summed E-state index contributed by atoms with van der Waals surface area (Å²) in [5.41, 5.74) is 0.790. The SMILES string of the molecule is CCCC(=O)N(C)COC(=O)C1=C(COC(C)=O)CSC2C(NC(=O)C(NC(=O)OC(C)(C)C)c3ccc4c(c3)CCO4)C(=O)N12. The van der Waals surface area contributed by atoms with E-state index < -0.39 is 52.9 Å². The molecule has 0 spiro atoms. The van der Waals surface area contributed by atoms with E-state index in [0.29, 0.717) is 36.3 Å². The lowest BCUT2D eigenvalue weighted by Gasteiger charge is -2.49. The number of thioether (sulfide) groups is 1. The van der Waals surface area contributed by atoms with E-state index in [0.717, 1.165) is 5.56 Å². The number of rotatable bonds is 11. The summed E-state index contributed by atoms with van der Waals surface area (Å²) in [5, 5.41) is 4.67. The van der Waals surface area contributed by atoms with Gasteiger partial charge in [0.25, 0.3) is 5.91 Å². The molecule has 0 aromatic heterocycles. The Morgan fingerprint density at radius 1 is 1.17 bits per heavy atom. The van der Waals surface area contributed by atoms with Crippen LogP contribution in [0, 0.1) is 0 Å². The molecule has 1 saturated heterocycles. The van der Waals surface area contributed by atoms with Gasteiger partial charge >= 0.3 is 18.0 Å². The fourth-order valence-corrected chi connectivity index (χ4v) is 6.35. The number of carbonyl (C=O) groups excluding carboxylic acids is 6. The smallest absolute Gasteiger partial charge is 0.408 e. The third-order valence-corrected chi connectivity index (χ3v) is 8.58. The van der Waals surface area contributed by atoms with Crippen LogP contribution in [0.2, 0.25) is 0 Å². The van der Waals surface area contributed by atoms with Crippen molar-refractivity contribution in [1.29, 1.82) is 0 Å². The monoisotopic (exact) mass is 660 g/mol. The normalized spacial score (nSPS) is 19.1. The molecule has 0 bridgehead atoms. The molecule has 1 aromatic carbocycles. The van der Waals surface area contributed by atoms with Gasteiger partial charge in [-0.25, -0.2) is 9.59 Å². The second kappa shape index (κ2) is 14.4. The number of alkyl carbamates (subject to hydrolysis) is 1. The Morgan fingerprint density at radius 2 is 1.91 bits per heavy atom. The first-order chi connectivity index (χ1) is 21.7. The minimum atomic E-state index is -1.20. The second-order valence-electron chi connectivity index (χ2n) is 12.1. The molecule has 0 saturated carbocycles. The quantitative estimate of drug-likeness (QED) is 0.154. The molecule has 1 fully saturated rings. The van der Waals surface area contributed by atoms with Gasteiger partial charge in [-0.05, 0) is 50.5 Å². The van der Waals surface area contributed by atoms with Crippen LogP contribution in [0.1, 0.15) is 64.6 Å². The molecule has 0 radical (unpaired) electrons. The fourth-order valence-electron chi connectivity index (χ4n) is 5.02. The van der Waals surface area contributed by atoms with E-state index in [4.69, 9.17) is 18.9 Å². The van der Waals surface area contributed by atoms with Crippen LogP contribution in [0.3, 0.4) is 0 Å². The molecule has 14 nitrogen and oxygen atoms in total. The number of ether oxygens (including phenoxy) is 4. The Bertz CT molecular complexity index is 1440. The molecular formula is C31H40N4O10S. The second-order valence-corrected chi connectivity index (χ2v) is 13.2. The van der Waals surface area contributed by atoms with Gasteiger partial charge in [0.1, 0.15) is 41.1 Å². The van der Waals surface area contributed by atoms with E-state index in [1.165, 1.54) is 35.5 Å². The van der Waals surface area contributed by atoms with Crippen LogP contribution in [0.15, 0.2) is 29.5 Å². The predicted octanol–water partition coefficient (Wildman–Crippen LogP) is 2.16. The maximum Gasteiger partial charge on any atom is 0.408 e. The first-order valence-electron chi connectivity index (χ1n) is 15.0. The van der Waals surface area contributed by atoms with Crippen LogP contribution in [-0.4, -0.2) is 95.3 Å². The van der Waals surface area contributed by atoms with Gasteiger partial charge in [0, 0.05) is 38.1 Å². The maximum absolute atomic E-state index is 13.7. The number of benzene rings is 1. The van der Waals surface area contributed by atoms with Gasteiger partial charge in [0.15, 0.2) is 6.73 Å². The zero-order valence-corrected chi connectivity index (χ0v) is 27.6. The fraction of sp³-hybridized carbons (Fsp3) is 0.548. The molecule has 0 aliphatic carbocycles. The molecule has 3 aliphatic heterocycles. The highest BCUT2D eigenvalue weighted by atomic mass is 32.2. The summed E-state index contributed by atoms with van der Waals surface area (Å²) in [4.78, 5) is 79.5. The minimum Gasteiger partial charge on any atom is -0.493 e. The molecule has 3 aliphatic rings. The van der Waals surface area contributed by atoms with Gasteiger partial charge < -0.3 is 34.5 Å². The Morgan fingerprint density at radius 3 is 2.59 bits per heavy atom. The molecule has 2 N–H and O–H groups in total. The lowest BCUT2D eigenvalue weighted by molar-refractivity contribution is -0.157. The molecule has 1 aromatic rings. The average Bonchev–Trinajstić information content (AvgIpc) is 3.46. The first-order valence-corrected chi connectivity index (χ1v) is 16.0. The molecule has 3 atom stereocenters. The molecule has 46 heavy (non-hydrogen) atoms. The Hall–Kier alpha value is -4.27. The average molecular weight is 661 g/mol. The van der Waals surface area contributed by atoms with E-state index in [1.807, 2.05) is 6.92 Å². The summed E-state index contributed by atoms with van der Waals surface area (Å²) in [6.07, 6.45) is 0.728. The van der Waals surface area contributed by atoms with Crippen molar-refractivity contribution in [3.63, 3.8) is 0 Å². The summed E-state index contributed by atoms with van der Waals surface area (Å²) in [6, 6.07) is 2.92. The largest absolute Gasteiger partial charge is 0.493 e. The van der Waals surface area contributed by atoms with E-state index in [9.17, 15) is 28.8 Å². The van der Waals surface area contributed by atoms with E-state index in [1.54, 1.807) is 39.0 Å². The van der Waals surface area contributed by atoms with Crippen molar-refractivity contribution in [3.05, 3.63) is 40.6 Å². The van der Waals surface area contributed by atoms with Crippen molar-refractivity contribution in [2.24, 2.45) is 0 Å². The Labute approximate surface area is 271 Å². The topological polar surface area (TPSA) is 170 Å². The minimum absolute atomic E-state index is 0.0982. The van der Waals surface area contributed by atoms with Gasteiger partial charge in [-0.15, -0.1) is 11.8 Å². The highest BCUT2D eigenvalue weighted by Crippen LogP contribution is 2.41. The number of β-lactam (4-membered cyclic amide) rings is 1. The van der Waals surface area contributed by atoms with Crippen LogP contribution in [-0.2, 0) is 44.6 Å². The maximum atomic E-state index is 13.7. The molecule has 15 heteroatoms. The summed E-state index contributed by atoms with van der Waals surface area (Å²) < 4.78 is 21.5. The number of esters is 2. The van der Waals surface area contributed by atoms with Crippen molar-refractivity contribution in [2.45, 2.75) is 76.9 Å². The van der Waals surface area contributed by atoms with Gasteiger partial charge in [0.05, 0.1) is 6.61 Å². The van der Waals surface area contributed by atoms with E-state index >= 15 is 0 Å². The standard InChI is InChI=1S/C31H40N4O10S/c1-7-8-22(37)34(6)16-44-29(40)25-20(14-43-17(2)36)15-46-28-24(27(39)35(25)28)32-26(38)23(33-30(41)45-31(3,4)5)19-9-10-21-18(13-19)11-12-42-21/h9-10,13,23-24,28H,7-8,11-12,14-16H2,1-6H3,(H,32,38)(H,33,41). The first kappa shape index (κ1) is 34.6. The van der Waals surface area contributed by atoms with Gasteiger partial charge in [-0.1, -0.05) is 13.0 Å². The lowest BCUT2D eigenvalue weighted by atomic mass is 9.99. The highest BCUT2D eigenvalue weighted by Gasteiger charge is 2.55. The third-order valence-electron chi connectivity index (χ3n) is 7.24. The van der Waals surface area contributed by atoms with E-state index in [-0.39, 0.29) is 37.1 Å². The predicted molar refractivity (Wildman–Crippen MR) is 165 cm³/mol. The number of hydrogen-bond donors (Lipinski definition) is 2. The van der Waals surface area contributed by atoms with Crippen molar-refractivity contribution in [1.82, 2.24) is 20.4 Å². The Kier molecular flexibility index (Phi) is 10.9. The van der Waals surface area contributed by atoms with Crippen LogP contribution in [0.25, 0.3) is 0 Å². The zero-order valence-electron chi connectivity index (χ0n) is 26.8. The number of nitrogens with one attached hydrogen (secondary N) is 2. The third kappa shape index (κ3) is 8.11. The summed E-state index contributed by atoms with van der Waals surface area (Å²) in [5.74, 6) is -2.00. The molecular weight excluding hydrogens is 620 g/mol. The van der Waals surface area contributed by atoms with Crippen molar-refractivity contribution in [2.75, 3.05) is 32.7 Å². The van der Waals surface area contributed by atoms with Crippen LogP contribution >= 0.6 is 11.8 Å². The number of amides is 4. The van der Waals surface area contributed by atoms with Gasteiger partial charge in [-0.2, -0.15) is 0 Å². The zero-order chi connectivity index (χ0) is 33.8. The van der Waals surface area contributed by atoms with Crippen molar-refractivity contribution < 1.29 is 47.7 Å². The van der Waals surface area contributed by atoms with Gasteiger partial charge in [-0.3, -0.25) is 24.1 Å². The van der Waals surface area contributed by atoms with Crippen molar-refractivity contribution >= 4 is 47.5 Å². The summed E-state index contributed by atoms with van der Waals surface area (Å²) >= 11 is 1.27. The van der Waals surface area contributed by atoms with Crippen LogP contribution < -0.4 is 15.4 Å². The summed E-state index contributed by atoms with van der Waals surface area (Å²) in [7, 11) is 1.50. The number of carbonyl (C=O) groups is 6. The van der Waals surface area contributed by atoms with Crippen LogP contribution in [0.5, 0.6) is 5.75 Å². The Balaban J connectivity index is 1.53. The molecule has 4 amide bonds. The van der Waals surface area contributed by atoms with Crippen LogP contribution in [0.4, 0.5) is 4.79 Å². The number of hydrogen-bond acceptors (Lipinski definition) is 11. The highest BCUT2D eigenvalue weighted by molar-refractivity contribution is 8.00. The lowest BCUT2D eigenvalue weighted by Crippen LogP contribution is -2.71. The number of nitrogens with zero attached hydrogens (tertiary/aromatic N) is 2. The number of fused-ring (bicyclic) bond motifs is 2. The molecule has 3 heterocycles. The van der Waals surface area contributed by atoms with Gasteiger partial charge in [0.2, 0.25) is 11.8 Å². The van der Waals surface area contributed by atoms with Crippen molar-refractivity contribution in [3.8, 4) is 5.75 Å². The molecule has 4 rings (SSSR count). The van der Waals surface area contributed by atoms with E-state index in [2.05, 4.69) is 10.6 Å².